The van der Waals surface area contributed by atoms with Crippen molar-refractivity contribution in [1.82, 2.24) is 5.06 Å². The van der Waals surface area contributed by atoms with E-state index in [1.54, 1.807) is 11.3 Å². The number of rotatable bonds is 2. The molecule has 1 aromatic carbocycles. The van der Waals surface area contributed by atoms with Crippen LogP contribution in [0.2, 0.25) is 0 Å². The Hall–Kier alpha value is -2.05. The zero-order valence-corrected chi connectivity index (χ0v) is 10.7. The summed E-state index contributed by atoms with van der Waals surface area (Å²) in [5, 5.41) is 10.9. The maximum atomic E-state index is 9.22. The Morgan fingerprint density at radius 1 is 1.28 bits per heavy atom. The summed E-state index contributed by atoms with van der Waals surface area (Å²) in [7, 11) is 0. The lowest BCUT2D eigenvalue weighted by Crippen LogP contribution is -2.26. The third-order valence-corrected chi connectivity index (χ3v) is 3.05. The van der Waals surface area contributed by atoms with Crippen molar-refractivity contribution < 1.29 is 4.84 Å². The molecule has 3 heteroatoms. The molecule has 1 heterocycles. The predicted molar refractivity (Wildman–Crippen MR) is 71.1 cm³/mol. The molecule has 0 N–H and O–H groups in total. The van der Waals surface area contributed by atoms with Crippen LogP contribution in [0.4, 0.5) is 0 Å². The fourth-order valence-corrected chi connectivity index (χ4v) is 1.73. The SMILES string of the molecule is CC1=C(C)CN(/C=C(\C#N)c2ccccc2)OC1. The monoisotopic (exact) mass is 240 g/mol. The molecule has 0 bridgehead atoms. The van der Waals surface area contributed by atoms with Gasteiger partial charge in [-0.2, -0.15) is 5.26 Å². The quantitative estimate of drug-likeness (QED) is 0.588. The second-order valence-corrected chi connectivity index (χ2v) is 4.43. The van der Waals surface area contributed by atoms with Gasteiger partial charge in [-0.1, -0.05) is 35.9 Å². The van der Waals surface area contributed by atoms with E-state index in [9.17, 15) is 5.26 Å². The summed E-state index contributed by atoms with van der Waals surface area (Å²) in [6.07, 6.45) is 1.77. The number of hydroxylamine groups is 2. The van der Waals surface area contributed by atoms with E-state index in [0.29, 0.717) is 18.7 Å². The first-order valence-electron chi connectivity index (χ1n) is 5.93. The van der Waals surface area contributed by atoms with E-state index >= 15 is 0 Å². The maximum Gasteiger partial charge on any atom is 0.101 e. The van der Waals surface area contributed by atoms with Gasteiger partial charge in [0.25, 0.3) is 0 Å². The summed E-state index contributed by atoms with van der Waals surface area (Å²) in [6, 6.07) is 11.8. The molecule has 0 fully saturated rings. The molecule has 18 heavy (non-hydrogen) atoms. The van der Waals surface area contributed by atoms with Gasteiger partial charge in [0.15, 0.2) is 0 Å². The normalized spacial score (nSPS) is 16.7. The maximum absolute atomic E-state index is 9.22. The van der Waals surface area contributed by atoms with Gasteiger partial charge in [0, 0.05) is 6.20 Å². The highest BCUT2D eigenvalue weighted by atomic mass is 16.7. The van der Waals surface area contributed by atoms with Gasteiger partial charge in [-0.05, 0) is 25.0 Å². The van der Waals surface area contributed by atoms with E-state index in [1.165, 1.54) is 11.1 Å². The molecule has 92 valence electrons. The molecule has 0 radical (unpaired) electrons. The molecular weight excluding hydrogens is 224 g/mol. The van der Waals surface area contributed by atoms with Crippen LogP contribution in [0.5, 0.6) is 0 Å². The predicted octanol–water partition coefficient (Wildman–Crippen LogP) is 3.13. The minimum atomic E-state index is 0.593. The first-order valence-corrected chi connectivity index (χ1v) is 5.93. The lowest BCUT2D eigenvalue weighted by Gasteiger charge is -2.27. The van der Waals surface area contributed by atoms with Crippen LogP contribution in [0.25, 0.3) is 5.57 Å². The zero-order chi connectivity index (χ0) is 13.0. The fourth-order valence-electron chi connectivity index (χ4n) is 1.73. The van der Waals surface area contributed by atoms with Gasteiger partial charge in [-0.3, -0.25) is 9.90 Å². The van der Waals surface area contributed by atoms with Gasteiger partial charge < -0.3 is 0 Å². The topological polar surface area (TPSA) is 36.3 Å². The molecule has 0 spiro atoms. The second kappa shape index (κ2) is 5.52. The summed E-state index contributed by atoms with van der Waals surface area (Å²) >= 11 is 0. The minimum absolute atomic E-state index is 0.593. The Kier molecular flexibility index (Phi) is 3.81. The highest BCUT2D eigenvalue weighted by Gasteiger charge is 2.13. The first kappa shape index (κ1) is 12.4. The molecular formula is C15H16N2O. The number of hydrogen-bond donors (Lipinski definition) is 0. The average Bonchev–Trinajstić information content (AvgIpc) is 2.41. The molecule has 1 aliphatic rings. The van der Waals surface area contributed by atoms with Gasteiger partial charge in [0.1, 0.15) is 6.07 Å². The minimum Gasteiger partial charge on any atom is -0.269 e. The molecule has 1 aromatic rings. The summed E-state index contributed by atoms with van der Waals surface area (Å²) in [5.41, 5.74) is 4.08. The third kappa shape index (κ3) is 2.79. The molecule has 0 amide bonds. The molecule has 0 aromatic heterocycles. The van der Waals surface area contributed by atoms with Gasteiger partial charge >= 0.3 is 0 Å². The molecule has 1 aliphatic heterocycles. The summed E-state index contributed by atoms with van der Waals surface area (Å²) in [4.78, 5) is 5.56. The van der Waals surface area contributed by atoms with Crippen molar-refractivity contribution in [2.24, 2.45) is 0 Å². The number of hydrogen-bond acceptors (Lipinski definition) is 3. The van der Waals surface area contributed by atoms with E-state index in [4.69, 9.17) is 4.84 Å². The van der Waals surface area contributed by atoms with Gasteiger partial charge in [0.05, 0.1) is 18.7 Å². The van der Waals surface area contributed by atoms with Crippen molar-refractivity contribution in [1.29, 1.82) is 5.26 Å². The summed E-state index contributed by atoms with van der Waals surface area (Å²) in [6.45, 7) is 5.46. The molecule has 0 aliphatic carbocycles. The average molecular weight is 240 g/mol. The highest BCUT2D eigenvalue weighted by molar-refractivity contribution is 5.76. The number of benzene rings is 1. The Labute approximate surface area is 108 Å². The van der Waals surface area contributed by atoms with Crippen LogP contribution in [0.1, 0.15) is 19.4 Å². The van der Waals surface area contributed by atoms with Crippen molar-refractivity contribution >= 4 is 5.57 Å². The van der Waals surface area contributed by atoms with E-state index in [2.05, 4.69) is 19.9 Å². The Morgan fingerprint density at radius 3 is 2.61 bits per heavy atom. The van der Waals surface area contributed by atoms with Gasteiger partial charge in [-0.15, -0.1) is 0 Å². The van der Waals surface area contributed by atoms with Crippen LogP contribution in [0, 0.1) is 11.3 Å². The van der Waals surface area contributed by atoms with Crippen LogP contribution in [0.3, 0.4) is 0 Å². The molecule has 0 saturated carbocycles. The third-order valence-electron chi connectivity index (χ3n) is 3.05. The fraction of sp³-hybridized carbons (Fsp3) is 0.267. The van der Waals surface area contributed by atoms with Crippen molar-refractivity contribution in [3.8, 4) is 6.07 Å². The number of nitrogens with zero attached hydrogens (tertiary/aromatic N) is 2. The van der Waals surface area contributed by atoms with Crippen LogP contribution in [-0.4, -0.2) is 18.2 Å². The Balaban J connectivity index is 2.20. The molecule has 0 atom stereocenters. The van der Waals surface area contributed by atoms with Crippen LogP contribution in [0.15, 0.2) is 47.7 Å². The zero-order valence-electron chi connectivity index (χ0n) is 10.7. The smallest absolute Gasteiger partial charge is 0.101 e. The first-order chi connectivity index (χ1) is 8.70. The van der Waals surface area contributed by atoms with Gasteiger partial charge in [-0.25, -0.2) is 0 Å². The van der Waals surface area contributed by atoms with Crippen molar-refractivity contribution in [3.63, 3.8) is 0 Å². The number of allylic oxidation sites excluding steroid dienone is 1. The van der Waals surface area contributed by atoms with Crippen LogP contribution >= 0.6 is 0 Å². The Morgan fingerprint density at radius 2 is 2.00 bits per heavy atom. The lowest BCUT2D eigenvalue weighted by molar-refractivity contribution is -0.112. The van der Waals surface area contributed by atoms with Crippen molar-refractivity contribution in [2.75, 3.05) is 13.2 Å². The molecule has 0 saturated heterocycles. The lowest BCUT2D eigenvalue weighted by atomic mass is 10.1. The Bertz CT molecular complexity index is 523. The molecule has 0 unspecified atom stereocenters. The van der Waals surface area contributed by atoms with Crippen molar-refractivity contribution in [2.45, 2.75) is 13.8 Å². The standard InChI is InChI=1S/C15H16N2O/c1-12-9-17(18-11-13(12)2)10-15(8-16)14-6-4-3-5-7-14/h3-7,10H,9,11H2,1-2H3/b15-10+. The largest absolute Gasteiger partial charge is 0.269 e. The van der Waals surface area contributed by atoms with Crippen LogP contribution in [-0.2, 0) is 4.84 Å². The van der Waals surface area contributed by atoms with E-state index in [1.807, 2.05) is 30.3 Å². The highest BCUT2D eigenvalue weighted by Crippen LogP contribution is 2.18. The number of nitriles is 1. The van der Waals surface area contributed by atoms with Gasteiger partial charge in [0.2, 0.25) is 0 Å². The molecule has 2 rings (SSSR count). The van der Waals surface area contributed by atoms with E-state index in [0.717, 1.165) is 5.56 Å². The van der Waals surface area contributed by atoms with Crippen molar-refractivity contribution in [3.05, 3.63) is 53.2 Å². The molecule has 3 nitrogen and oxygen atoms in total. The van der Waals surface area contributed by atoms with E-state index < -0.39 is 0 Å². The van der Waals surface area contributed by atoms with E-state index in [-0.39, 0.29) is 0 Å². The summed E-state index contributed by atoms with van der Waals surface area (Å²) < 4.78 is 0. The van der Waals surface area contributed by atoms with Crippen LogP contribution < -0.4 is 0 Å². The second-order valence-electron chi connectivity index (χ2n) is 4.43. The summed E-state index contributed by atoms with van der Waals surface area (Å²) in [5.74, 6) is 0.